The SMILES string of the molecule is C/C=C1\C[NH+]2CC[C@@]34C(=C(C(=O)OC)[C@H]1C[C@H]23)Nc1c(O)cccc14. The number of carbonyl (C=O) groups is 1. The van der Waals surface area contributed by atoms with E-state index in [1.54, 1.807) is 11.0 Å². The highest BCUT2D eigenvalue weighted by Gasteiger charge is 2.65. The minimum Gasteiger partial charge on any atom is -0.506 e. The highest BCUT2D eigenvalue weighted by atomic mass is 16.5. The zero-order valence-electron chi connectivity index (χ0n) is 14.6. The van der Waals surface area contributed by atoms with Crippen molar-refractivity contribution in [2.45, 2.75) is 31.2 Å². The summed E-state index contributed by atoms with van der Waals surface area (Å²) in [5, 5.41) is 13.9. The van der Waals surface area contributed by atoms with Crippen molar-refractivity contribution >= 4 is 11.7 Å². The number of ether oxygens (including phenoxy) is 1. The number of phenols is 1. The van der Waals surface area contributed by atoms with Gasteiger partial charge in [0.1, 0.15) is 11.8 Å². The van der Waals surface area contributed by atoms with E-state index in [9.17, 15) is 9.90 Å². The Hall–Kier alpha value is -2.27. The summed E-state index contributed by atoms with van der Waals surface area (Å²) in [4.78, 5) is 14.4. The van der Waals surface area contributed by atoms with Gasteiger partial charge in [0.2, 0.25) is 0 Å². The number of anilines is 1. The average molecular weight is 339 g/mol. The molecule has 0 radical (unpaired) electrons. The fourth-order valence-corrected chi connectivity index (χ4v) is 5.89. The molecule has 1 aliphatic carbocycles. The molecule has 1 aromatic rings. The van der Waals surface area contributed by atoms with E-state index in [1.807, 2.05) is 6.07 Å². The summed E-state index contributed by atoms with van der Waals surface area (Å²) in [5.41, 5.74) is 4.80. The highest BCUT2D eigenvalue weighted by molar-refractivity contribution is 5.94. The lowest BCUT2D eigenvalue weighted by atomic mass is 9.62. The maximum atomic E-state index is 12.8. The van der Waals surface area contributed by atoms with Crippen LogP contribution in [-0.4, -0.2) is 37.3 Å². The van der Waals surface area contributed by atoms with Gasteiger partial charge < -0.3 is 20.1 Å². The number of aromatic hydroxyl groups is 1. The molecule has 5 nitrogen and oxygen atoms in total. The van der Waals surface area contributed by atoms with Gasteiger partial charge in [0.15, 0.2) is 0 Å². The summed E-state index contributed by atoms with van der Waals surface area (Å²) < 4.78 is 5.18. The lowest BCUT2D eigenvalue weighted by Gasteiger charge is -2.45. The largest absolute Gasteiger partial charge is 0.506 e. The van der Waals surface area contributed by atoms with Gasteiger partial charge in [0, 0.05) is 24.5 Å². The number of hydrogen-bond acceptors (Lipinski definition) is 4. The van der Waals surface area contributed by atoms with Gasteiger partial charge in [0.05, 0.1) is 36.9 Å². The minimum atomic E-state index is -0.243. The monoisotopic (exact) mass is 339 g/mol. The number of para-hydroxylation sites is 1. The molecule has 2 fully saturated rings. The van der Waals surface area contributed by atoms with E-state index in [0.29, 0.717) is 6.04 Å². The van der Waals surface area contributed by atoms with Gasteiger partial charge in [-0.2, -0.15) is 0 Å². The number of carbonyl (C=O) groups excluding carboxylic acids is 1. The molecule has 2 saturated heterocycles. The van der Waals surface area contributed by atoms with Crippen molar-refractivity contribution in [1.82, 2.24) is 0 Å². The Morgan fingerprint density at radius 2 is 2.32 bits per heavy atom. The first kappa shape index (κ1) is 15.0. The second-order valence-corrected chi connectivity index (χ2v) is 7.62. The third kappa shape index (κ3) is 1.64. The second kappa shape index (κ2) is 4.88. The molecule has 1 aromatic carbocycles. The fourth-order valence-electron chi connectivity index (χ4n) is 5.89. The molecule has 1 unspecified atom stereocenters. The van der Waals surface area contributed by atoms with E-state index >= 15 is 0 Å². The second-order valence-electron chi connectivity index (χ2n) is 7.62. The molecule has 3 N–H and O–H groups in total. The molecule has 4 aliphatic rings. The lowest BCUT2D eigenvalue weighted by Crippen LogP contribution is -3.16. The van der Waals surface area contributed by atoms with Crippen LogP contribution < -0.4 is 10.2 Å². The fraction of sp³-hybridized carbons (Fsp3) is 0.450. The smallest absolute Gasteiger partial charge is 0.336 e. The van der Waals surface area contributed by atoms with Gasteiger partial charge in [0.25, 0.3) is 0 Å². The van der Waals surface area contributed by atoms with Crippen LogP contribution in [0.2, 0.25) is 0 Å². The molecule has 0 saturated carbocycles. The number of piperidine rings is 1. The van der Waals surface area contributed by atoms with Gasteiger partial charge >= 0.3 is 5.97 Å². The molecule has 5 rings (SSSR count). The minimum absolute atomic E-state index is 0.122. The predicted octanol–water partition coefficient (Wildman–Crippen LogP) is 1.12. The molecule has 1 spiro atoms. The Morgan fingerprint density at radius 3 is 3.08 bits per heavy atom. The Labute approximate surface area is 147 Å². The zero-order valence-corrected chi connectivity index (χ0v) is 14.6. The molecule has 0 amide bonds. The maximum Gasteiger partial charge on any atom is 0.336 e. The number of fused-ring (bicyclic) bond motifs is 2. The van der Waals surface area contributed by atoms with Crippen LogP contribution in [0.4, 0.5) is 5.69 Å². The van der Waals surface area contributed by atoms with Crippen molar-refractivity contribution in [2.24, 2.45) is 5.92 Å². The number of nitrogens with one attached hydrogen (secondary N) is 2. The number of phenolic OH excluding ortho intramolecular Hbond substituents is 1. The summed E-state index contributed by atoms with van der Waals surface area (Å²) in [7, 11) is 1.46. The maximum absolute atomic E-state index is 12.8. The van der Waals surface area contributed by atoms with E-state index < -0.39 is 0 Å². The van der Waals surface area contributed by atoms with E-state index in [2.05, 4.69) is 24.4 Å². The first-order valence-electron chi connectivity index (χ1n) is 9.04. The third-order valence-electron chi connectivity index (χ3n) is 6.89. The topological polar surface area (TPSA) is 63.0 Å². The number of benzene rings is 1. The van der Waals surface area contributed by atoms with Crippen molar-refractivity contribution < 1.29 is 19.5 Å². The van der Waals surface area contributed by atoms with Crippen molar-refractivity contribution in [1.29, 1.82) is 0 Å². The lowest BCUT2D eigenvalue weighted by molar-refractivity contribution is -0.914. The first-order chi connectivity index (χ1) is 12.1. The number of quaternary nitrogens is 1. The number of methoxy groups -OCH3 is 1. The molecule has 5 heteroatoms. The van der Waals surface area contributed by atoms with Crippen molar-refractivity contribution in [2.75, 3.05) is 25.5 Å². The van der Waals surface area contributed by atoms with E-state index in [1.165, 1.54) is 12.7 Å². The van der Waals surface area contributed by atoms with Crippen LogP contribution in [0.1, 0.15) is 25.3 Å². The number of hydrogen-bond donors (Lipinski definition) is 3. The van der Waals surface area contributed by atoms with Crippen LogP contribution in [-0.2, 0) is 14.9 Å². The summed E-state index contributed by atoms with van der Waals surface area (Å²) in [5.74, 6) is 0.135. The summed E-state index contributed by atoms with van der Waals surface area (Å²) in [6, 6.07) is 6.18. The molecule has 130 valence electrons. The Morgan fingerprint density at radius 1 is 1.48 bits per heavy atom. The molecule has 4 atom stereocenters. The number of allylic oxidation sites excluding steroid dienone is 1. The molecule has 0 aromatic heterocycles. The van der Waals surface area contributed by atoms with E-state index in [0.717, 1.165) is 48.5 Å². The quantitative estimate of drug-likeness (QED) is 0.408. The van der Waals surface area contributed by atoms with Crippen LogP contribution in [0.3, 0.4) is 0 Å². The van der Waals surface area contributed by atoms with Crippen molar-refractivity contribution in [3.05, 3.63) is 46.7 Å². The van der Waals surface area contributed by atoms with Crippen LogP contribution in [0.5, 0.6) is 5.75 Å². The normalized spacial score (nSPS) is 36.1. The Bertz CT molecular complexity index is 856. The van der Waals surface area contributed by atoms with Gasteiger partial charge in [-0.1, -0.05) is 18.2 Å². The summed E-state index contributed by atoms with van der Waals surface area (Å²) in [6.07, 6.45) is 4.14. The van der Waals surface area contributed by atoms with E-state index in [4.69, 9.17) is 4.74 Å². The molecular weight excluding hydrogens is 316 g/mol. The van der Waals surface area contributed by atoms with Crippen molar-refractivity contribution in [3.8, 4) is 5.75 Å². The molecule has 2 bridgehead atoms. The zero-order chi connectivity index (χ0) is 17.3. The van der Waals surface area contributed by atoms with Crippen LogP contribution in [0, 0.1) is 5.92 Å². The van der Waals surface area contributed by atoms with Crippen LogP contribution >= 0.6 is 0 Å². The highest BCUT2D eigenvalue weighted by Crippen LogP contribution is 2.58. The summed E-state index contributed by atoms with van der Waals surface area (Å²) >= 11 is 0. The number of rotatable bonds is 1. The molecule has 3 aliphatic heterocycles. The van der Waals surface area contributed by atoms with Crippen LogP contribution in [0.15, 0.2) is 41.1 Å². The number of esters is 1. The van der Waals surface area contributed by atoms with Gasteiger partial charge in [-0.15, -0.1) is 0 Å². The van der Waals surface area contributed by atoms with Gasteiger partial charge in [-0.3, -0.25) is 0 Å². The van der Waals surface area contributed by atoms with Gasteiger partial charge in [-0.05, 0) is 24.1 Å². The molecule has 3 heterocycles. The Kier molecular flexibility index (Phi) is 2.93. The van der Waals surface area contributed by atoms with Crippen molar-refractivity contribution in [3.63, 3.8) is 0 Å². The molecule has 25 heavy (non-hydrogen) atoms. The summed E-state index contributed by atoms with van der Waals surface area (Å²) in [6.45, 7) is 4.15. The first-order valence-corrected chi connectivity index (χ1v) is 9.04. The standard InChI is InChI=1S/C20H22N2O3/c1-3-11-10-22-8-7-20-13-5-4-6-14(23)17(13)21-18(20)16(19(24)25-2)12(11)9-15(20)22/h3-6,12,15,21,23H,7-10H2,1-2H3/p+1/b11-3+/t12-,15-,20-/m0/s1. The van der Waals surface area contributed by atoms with Gasteiger partial charge in [-0.25, -0.2) is 4.79 Å². The average Bonchev–Trinajstić information content (AvgIpc) is 3.18. The predicted molar refractivity (Wildman–Crippen MR) is 93.4 cm³/mol. The Balaban J connectivity index is 1.83. The molecular formula is C20H23N2O3+. The van der Waals surface area contributed by atoms with E-state index in [-0.39, 0.29) is 23.1 Å². The third-order valence-corrected chi connectivity index (χ3v) is 6.89. The van der Waals surface area contributed by atoms with Crippen LogP contribution in [0.25, 0.3) is 0 Å².